The number of ether oxygens (including phenoxy) is 1. The van der Waals surface area contributed by atoms with Gasteiger partial charge in [-0.3, -0.25) is 0 Å². The molecule has 0 aliphatic rings. The smallest absolute Gasteiger partial charge is 0.231 e. The predicted molar refractivity (Wildman–Crippen MR) is 133 cm³/mol. The Morgan fingerprint density at radius 2 is 1.53 bits per heavy atom. The van der Waals surface area contributed by atoms with E-state index in [2.05, 4.69) is 31.7 Å². The predicted octanol–water partition coefficient (Wildman–Crippen LogP) is 4.80. The number of hydrogen-bond donors (Lipinski definition) is 5. The van der Waals surface area contributed by atoms with Crippen molar-refractivity contribution >= 4 is 79.0 Å². The fourth-order valence-electron chi connectivity index (χ4n) is 3.86. The Balaban J connectivity index is 1.62. The van der Waals surface area contributed by atoms with Crippen molar-refractivity contribution in [1.29, 1.82) is 0 Å². The van der Waals surface area contributed by atoms with Crippen LogP contribution in [0.4, 0.5) is 0 Å². The summed E-state index contributed by atoms with van der Waals surface area (Å²) in [5, 5.41) is 12.7. The lowest BCUT2D eigenvalue weighted by Crippen LogP contribution is -2.28. The van der Waals surface area contributed by atoms with E-state index in [0.717, 1.165) is 49.4 Å². The Bertz CT molecular complexity index is 1440. The highest BCUT2D eigenvalue weighted by molar-refractivity contribution is 6.33. The average molecular weight is 468 g/mol. The van der Waals surface area contributed by atoms with Gasteiger partial charge in [0.25, 0.3) is 0 Å². The van der Waals surface area contributed by atoms with Gasteiger partial charge in [-0.25, -0.2) is 5.43 Å². The molecule has 10 heteroatoms. The van der Waals surface area contributed by atoms with Crippen molar-refractivity contribution in [2.24, 2.45) is 21.8 Å². The number of fused-ring (bicyclic) bond motifs is 6. The van der Waals surface area contributed by atoms with E-state index in [1.54, 1.807) is 6.21 Å². The number of benzene rings is 3. The number of nitrogens with one attached hydrogen (secondary N) is 3. The Hall–Kier alpha value is -3.62. The van der Waals surface area contributed by atoms with E-state index >= 15 is 0 Å². The maximum atomic E-state index is 6.28. The zero-order valence-electron chi connectivity index (χ0n) is 16.7. The van der Waals surface area contributed by atoms with Gasteiger partial charge < -0.3 is 26.3 Å². The van der Waals surface area contributed by atoms with E-state index < -0.39 is 0 Å². The molecule has 0 spiro atoms. The second-order valence-electron chi connectivity index (χ2n) is 7.26. The van der Waals surface area contributed by atoms with Crippen LogP contribution in [0, 0.1) is 0 Å². The fraction of sp³-hybridized carbons (Fsp3) is 0.0909. The Labute approximate surface area is 192 Å². The van der Waals surface area contributed by atoms with E-state index in [4.69, 9.17) is 39.5 Å². The largest absolute Gasteiger partial charge is 0.489 e. The summed E-state index contributed by atoms with van der Waals surface area (Å²) in [6.45, 7) is 0.394. The summed E-state index contributed by atoms with van der Waals surface area (Å²) in [6.07, 6.45) is 2.19. The van der Waals surface area contributed by atoms with Crippen LogP contribution in [-0.4, -0.2) is 28.7 Å². The van der Waals surface area contributed by atoms with E-state index in [-0.39, 0.29) is 5.96 Å². The molecule has 0 atom stereocenters. The minimum Gasteiger partial charge on any atom is -0.489 e. The highest BCUT2D eigenvalue weighted by Gasteiger charge is 2.17. The van der Waals surface area contributed by atoms with Crippen LogP contribution in [0.3, 0.4) is 0 Å². The van der Waals surface area contributed by atoms with Crippen molar-refractivity contribution in [3.63, 3.8) is 0 Å². The topological polar surface area (TPSA) is 130 Å². The Kier molecular flexibility index (Phi) is 5.16. The zero-order valence-corrected chi connectivity index (χ0v) is 18.3. The number of rotatable bonds is 5. The molecule has 5 rings (SSSR count). The monoisotopic (exact) mass is 467 g/mol. The number of halogens is 2. The van der Waals surface area contributed by atoms with Crippen LogP contribution in [0.5, 0.6) is 5.75 Å². The quantitative estimate of drug-likeness (QED) is 0.0835. The van der Waals surface area contributed by atoms with Gasteiger partial charge in [-0.05, 0) is 42.5 Å². The van der Waals surface area contributed by atoms with E-state index in [9.17, 15) is 0 Å². The summed E-state index contributed by atoms with van der Waals surface area (Å²) in [4.78, 5) is 6.95. The summed E-state index contributed by atoms with van der Waals surface area (Å²) in [7, 11) is 0. The number of nitrogens with two attached hydrogens (primary N) is 2. The third kappa shape index (κ3) is 3.53. The molecule has 2 aromatic heterocycles. The summed E-state index contributed by atoms with van der Waals surface area (Å²) >= 11 is 12.6. The molecule has 0 saturated heterocycles. The van der Waals surface area contributed by atoms with E-state index in [1.165, 1.54) is 0 Å². The molecule has 0 aliphatic carbocycles. The number of aromatic nitrogens is 2. The molecule has 0 bridgehead atoms. The van der Waals surface area contributed by atoms with Crippen LogP contribution in [0.2, 0.25) is 10.0 Å². The van der Waals surface area contributed by atoms with Crippen LogP contribution >= 0.6 is 23.2 Å². The minimum absolute atomic E-state index is 0.0297. The maximum absolute atomic E-state index is 6.28. The molecule has 0 amide bonds. The third-order valence-electron chi connectivity index (χ3n) is 5.25. The molecule has 5 aromatic rings. The molecule has 0 saturated carbocycles. The molecule has 0 fully saturated rings. The second-order valence-corrected chi connectivity index (χ2v) is 8.13. The number of hydrogen-bond acceptors (Lipinski definition) is 4. The summed E-state index contributed by atoms with van der Waals surface area (Å²) in [6, 6.07) is 13.7. The van der Waals surface area contributed by atoms with E-state index in [1.807, 2.05) is 36.4 Å². The van der Waals surface area contributed by atoms with Gasteiger partial charge in [-0.1, -0.05) is 23.2 Å². The average Bonchev–Trinajstić information content (AvgIpc) is 3.33. The first-order valence-corrected chi connectivity index (χ1v) is 10.6. The summed E-state index contributed by atoms with van der Waals surface area (Å²) < 4.78 is 6.25. The lowest BCUT2D eigenvalue weighted by molar-refractivity contribution is 0.337. The van der Waals surface area contributed by atoms with Crippen LogP contribution in [-0.2, 0) is 0 Å². The van der Waals surface area contributed by atoms with Crippen LogP contribution in [0.15, 0.2) is 52.7 Å². The van der Waals surface area contributed by atoms with Crippen LogP contribution < -0.4 is 21.7 Å². The number of guanidine groups is 1. The first kappa shape index (κ1) is 20.3. The molecule has 32 heavy (non-hydrogen) atoms. The first-order chi connectivity index (χ1) is 15.5. The standard InChI is InChI=1S/C22H19Cl2N7O/c23-11-2-4-17-13(8-11)15-10-16-14-9-12(24)3-5-18(14)29-20(16)21(19(15)28-17)32-7-1-6-27-31-22(25)30-26/h2-6,8-10,28-29H,1,7,26H2,(H3,25,30,31)/b27-6+. The molecule has 0 aliphatic heterocycles. The van der Waals surface area contributed by atoms with Crippen molar-refractivity contribution in [3.8, 4) is 5.75 Å². The lowest BCUT2D eigenvalue weighted by Gasteiger charge is -2.08. The number of hydrazone groups is 2. The van der Waals surface area contributed by atoms with Gasteiger partial charge in [0, 0.05) is 55.3 Å². The number of aromatic amines is 2. The van der Waals surface area contributed by atoms with Crippen LogP contribution in [0.25, 0.3) is 43.6 Å². The van der Waals surface area contributed by atoms with Crippen molar-refractivity contribution < 1.29 is 4.74 Å². The number of nitrogens with zero attached hydrogens (tertiary/aromatic N) is 2. The highest BCUT2D eigenvalue weighted by Crippen LogP contribution is 2.41. The Morgan fingerprint density at radius 3 is 2.09 bits per heavy atom. The lowest BCUT2D eigenvalue weighted by atomic mass is 10.1. The minimum atomic E-state index is 0.0297. The normalized spacial score (nSPS) is 12.6. The van der Waals surface area contributed by atoms with Gasteiger partial charge in [0.1, 0.15) is 0 Å². The second kappa shape index (κ2) is 8.14. The summed E-state index contributed by atoms with van der Waals surface area (Å²) in [5.74, 6) is 5.81. The molecule has 162 valence electrons. The summed E-state index contributed by atoms with van der Waals surface area (Å²) in [5.41, 5.74) is 11.7. The molecule has 0 radical (unpaired) electrons. The molecule has 2 heterocycles. The van der Waals surface area contributed by atoms with Crippen molar-refractivity contribution in [2.75, 3.05) is 6.61 Å². The fourth-order valence-corrected chi connectivity index (χ4v) is 4.20. The molecule has 0 unspecified atom stereocenters. The molecular weight excluding hydrogens is 449 g/mol. The van der Waals surface area contributed by atoms with Gasteiger partial charge in [-0.2, -0.15) is 5.10 Å². The zero-order chi connectivity index (χ0) is 22.2. The van der Waals surface area contributed by atoms with Gasteiger partial charge in [0.2, 0.25) is 5.96 Å². The van der Waals surface area contributed by atoms with Crippen molar-refractivity contribution in [3.05, 3.63) is 52.5 Å². The molecule has 7 N–H and O–H groups in total. The van der Waals surface area contributed by atoms with Gasteiger partial charge in [0.05, 0.1) is 17.6 Å². The van der Waals surface area contributed by atoms with Crippen molar-refractivity contribution in [1.82, 2.24) is 15.4 Å². The SMILES string of the molecule is N/N=C(\N)N/N=C/CCOc1c2[nH]c3ccc(Cl)cc3c2cc2c1[nH]c1ccc(Cl)cc12. The first-order valence-electron chi connectivity index (χ1n) is 9.83. The molecular formula is C22H19Cl2N7O. The highest BCUT2D eigenvalue weighted by atomic mass is 35.5. The molecule has 8 nitrogen and oxygen atoms in total. The maximum Gasteiger partial charge on any atom is 0.231 e. The van der Waals surface area contributed by atoms with Gasteiger partial charge in [-0.15, -0.1) is 5.10 Å². The number of H-pyrrole nitrogens is 2. The third-order valence-corrected chi connectivity index (χ3v) is 5.72. The Morgan fingerprint density at radius 1 is 0.938 bits per heavy atom. The van der Waals surface area contributed by atoms with Crippen LogP contribution in [0.1, 0.15) is 6.42 Å². The van der Waals surface area contributed by atoms with E-state index in [0.29, 0.717) is 23.1 Å². The van der Waals surface area contributed by atoms with Gasteiger partial charge >= 0.3 is 0 Å². The molecule has 3 aromatic carbocycles. The van der Waals surface area contributed by atoms with Crippen molar-refractivity contribution in [2.45, 2.75) is 6.42 Å². The van der Waals surface area contributed by atoms with Gasteiger partial charge in [0.15, 0.2) is 5.75 Å².